The van der Waals surface area contributed by atoms with E-state index in [0.29, 0.717) is 32.9 Å². The van der Waals surface area contributed by atoms with Crippen LogP contribution in [0.2, 0.25) is 10.0 Å². The number of hydrogen-bond acceptors (Lipinski definition) is 4. The van der Waals surface area contributed by atoms with Crippen molar-refractivity contribution in [1.29, 1.82) is 0 Å². The minimum absolute atomic E-state index is 0.237. The lowest BCUT2D eigenvalue weighted by molar-refractivity contribution is 0.0951. The van der Waals surface area contributed by atoms with Crippen LogP contribution in [0.1, 0.15) is 15.9 Å². The average Bonchev–Trinajstić information content (AvgIpc) is 2.58. The topological polar surface area (TPSA) is 56.8 Å². The van der Waals surface area contributed by atoms with Crippen molar-refractivity contribution < 1.29 is 19.0 Å². The molecule has 0 aliphatic carbocycles. The molecule has 0 spiro atoms. The van der Waals surface area contributed by atoms with Crippen LogP contribution in [0.3, 0.4) is 0 Å². The first-order chi connectivity index (χ1) is 11.5. The van der Waals surface area contributed by atoms with Gasteiger partial charge < -0.3 is 19.5 Å². The van der Waals surface area contributed by atoms with Crippen molar-refractivity contribution in [2.75, 3.05) is 21.3 Å². The van der Waals surface area contributed by atoms with Gasteiger partial charge in [0.2, 0.25) is 0 Å². The van der Waals surface area contributed by atoms with E-state index in [1.807, 2.05) is 0 Å². The predicted molar refractivity (Wildman–Crippen MR) is 93.7 cm³/mol. The fraction of sp³-hybridized carbons (Fsp3) is 0.235. The molecule has 7 heteroatoms. The van der Waals surface area contributed by atoms with Crippen molar-refractivity contribution in [1.82, 2.24) is 5.32 Å². The van der Waals surface area contributed by atoms with E-state index in [-0.39, 0.29) is 12.5 Å². The number of carbonyl (C=O) groups excluding carboxylic acids is 1. The zero-order valence-corrected chi connectivity index (χ0v) is 15.0. The number of nitrogens with one attached hydrogen (secondary N) is 1. The summed E-state index contributed by atoms with van der Waals surface area (Å²) >= 11 is 11.9. The summed E-state index contributed by atoms with van der Waals surface area (Å²) < 4.78 is 15.8. The van der Waals surface area contributed by atoms with E-state index in [4.69, 9.17) is 37.4 Å². The lowest BCUT2D eigenvalue weighted by Gasteiger charge is -2.15. The van der Waals surface area contributed by atoms with E-state index in [0.717, 1.165) is 5.56 Å². The number of ether oxygens (including phenoxy) is 3. The Labute approximate surface area is 150 Å². The number of carbonyl (C=O) groups is 1. The van der Waals surface area contributed by atoms with Gasteiger partial charge in [-0.2, -0.15) is 0 Å². The second kappa shape index (κ2) is 8.13. The van der Waals surface area contributed by atoms with E-state index in [1.165, 1.54) is 6.07 Å². The van der Waals surface area contributed by atoms with Gasteiger partial charge in [-0.15, -0.1) is 0 Å². The molecule has 0 fully saturated rings. The van der Waals surface area contributed by atoms with Gasteiger partial charge in [-0.1, -0.05) is 23.2 Å². The molecular formula is C17H17Cl2NO4. The highest BCUT2D eigenvalue weighted by Crippen LogP contribution is 2.34. The van der Waals surface area contributed by atoms with Crippen LogP contribution in [0.25, 0.3) is 0 Å². The highest BCUT2D eigenvalue weighted by atomic mass is 35.5. The number of amides is 1. The largest absolute Gasteiger partial charge is 0.496 e. The molecule has 2 aromatic carbocycles. The van der Waals surface area contributed by atoms with Crippen LogP contribution in [0, 0.1) is 0 Å². The highest BCUT2D eigenvalue weighted by Gasteiger charge is 2.14. The standard InChI is InChI=1S/C17H17Cl2NO4/c1-22-14-8-16(24-3)15(23-2)6-10(14)9-20-17(21)12-5-4-11(18)7-13(12)19/h4-8H,9H2,1-3H3,(H,20,21). The van der Waals surface area contributed by atoms with Gasteiger partial charge in [0.05, 0.1) is 31.9 Å². The smallest absolute Gasteiger partial charge is 0.253 e. The molecule has 0 saturated heterocycles. The van der Waals surface area contributed by atoms with E-state index < -0.39 is 0 Å². The van der Waals surface area contributed by atoms with Gasteiger partial charge in [0.15, 0.2) is 11.5 Å². The monoisotopic (exact) mass is 369 g/mol. The zero-order valence-electron chi connectivity index (χ0n) is 13.5. The van der Waals surface area contributed by atoms with Gasteiger partial charge in [-0.05, 0) is 24.3 Å². The summed E-state index contributed by atoms with van der Waals surface area (Å²) in [5.41, 5.74) is 1.09. The number of hydrogen-bond donors (Lipinski definition) is 1. The Morgan fingerprint density at radius 2 is 1.58 bits per heavy atom. The normalized spacial score (nSPS) is 10.2. The Morgan fingerprint density at radius 3 is 2.17 bits per heavy atom. The SMILES string of the molecule is COc1cc(OC)c(OC)cc1CNC(=O)c1ccc(Cl)cc1Cl. The van der Waals surface area contributed by atoms with Crippen LogP contribution in [-0.4, -0.2) is 27.2 Å². The summed E-state index contributed by atoms with van der Waals surface area (Å²) in [7, 11) is 4.63. The summed E-state index contributed by atoms with van der Waals surface area (Å²) in [4.78, 5) is 12.3. The number of halogens is 2. The maximum atomic E-state index is 12.3. The van der Waals surface area contributed by atoms with Crippen molar-refractivity contribution in [2.24, 2.45) is 0 Å². The third-order valence-corrected chi connectivity index (χ3v) is 3.95. The first-order valence-corrected chi connectivity index (χ1v) is 7.77. The van der Waals surface area contributed by atoms with Crippen LogP contribution in [0.15, 0.2) is 30.3 Å². The molecule has 0 heterocycles. The lowest BCUT2D eigenvalue weighted by Crippen LogP contribution is -2.23. The molecule has 0 aliphatic rings. The molecular weight excluding hydrogens is 353 g/mol. The Bertz CT molecular complexity index is 750. The summed E-state index contributed by atoms with van der Waals surface area (Å²) in [5, 5.41) is 3.56. The van der Waals surface area contributed by atoms with E-state index in [1.54, 1.807) is 45.6 Å². The maximum Gasteiger partial charge on any atom is 0.253 e. The van der Waals surface area contributed by atoms with Gasteiger partial charge in [0, 0.05) is 23.2 Å². The third kappa shape index (κ3) is 4.04. The van der Waals surface area contributed by atoms with Crippen LogP contribution in [0.4, 0.5) is 0 Å². The van der Waals surface area contributed by atoms with Crippen LogP contribution < -0.4 is 19.5 Å². The molecule has 1 amide bonds. The summed E-state index contributed by atoms with van der Waals surface area (Å²) in [6, 6.07) is 8.16. The summed E-state index contributed by atoms with van der Waals surface area (Å²) in [5.74, 6) is 1.36. The molecule has 128 valence electrons. The van der Waals surface area contributed by atoms with E-state index in [9.17, 15) is 4.79 Å². The third-order valence-electron chi connectivity index (χ3n) is 3.40. The molecule has 2 rings (SSSR count). The first-order valence-electron chi connectivity index (χ1n) is 7.02. The number of benzene rings is 2. The molecule has 24 heavy (non-hydrogen) atoms. The Morgan fingerprint density at radius 1 is 0.958 bits per heavy atom. The Balaban J connectivity index is 2.20. The highest BCUT2D eigenvalue weighted by molar-refractivity contribution is 6.36. The minimum atomic E-state index is -0.312. The van der Waals surface area contributed by atoms with Crippen LogP contribution in [0.5, 0.6) is 17.2 Å². The number of rotatable bonds is 6. The molecule has 1 N–H and O–H groups in total. The summed E-state index contributed by atoms with van der Waals surface area (Å²) in [6.45, 7) is 0.237. The molecule has 0 aromatic heterocycles. The first kappa shape index (κ1) is 18.2. The second-order valence-corrected chi connectivity index (χ2v) is 5.67. The van der Waals surface area contributed by atoms with Gasteiger partial charge >= 0.3 is 0 Å². The van der Waals surface area contributed by atoms with Crippen LogP contribution >= 0.6 is 23.2 Å². The van der Waals surface area contributed by atoms with Gasteiger partial charge in [0.1, 0.15) is 5.75 Å². The molecule has 0 unspecified atom stereocenters. The molecule has 0 bridgehead atoms. The van der Waals surface area contributed by atoms with Crippen molar-refractivity contribution >= 4 is 29.1 Å². The average molecular weight is 370 g/mol. The van der Waals surface area contributed by atoms with Crippen molar-refractivity contribution in [3.05, 3.63) is 51.5 Å². The molecule has 2 aromatic rings. The van der Waals surface area contributed by atoms with Crippen molar-refractivity contribution in [3.8, 4) is 17.2 Å². The van der Waals surface area contributed by atoms with E-state index >= 15 is 0 Å². The van der Waals surface area contributed by atoms with Crippen LogP contribution in [-0.2, 0) is 6.54 Å². The quantitative estimate of drug-likeness (QED) is 0.837. The summed E-state index contributed by atoms with van der Waals surface area (Å²) in [6.07, 6.45) is 0. The molecule has 0 saturated carbocycles. The number of methoxy groups -OCH3 is 3. The van der Waals surface area contributed by atoms with Gasteiger partial charge in [-0.25, -0.2) is 0 Å². The molecule has 0 atom stereocenters. The molecule has 5 nitrogen and oxygen atoms in total. The second-order valence-electron chi connectivity index (χ2n) is 4.83. The van der Waals surface area contributed by atoms with Crippen molar-refractivity contribution in [3.63, 3.8) is 0 Å². The van der Waals surface area contributed by atoms with E-state index in [2.05, 4.69) is 5.32 Å². The van der Waals surface area contributed by atoms with Crippen molar-refractivity contribution in [2.45, 2.75) is 6.54 Å². The fourth-order valence-electron chi connectivity index (χ4n) is 2.17. The fourth-order valence-corrected chi connectivity index (χ4v) is 2.67. The molecule has 0 aliphatic heterocycles. The Hall–Kier alpha value is -2.11. The predicted octanol–water partition coefficient (Wildman–Crippen LogP) is 3.95. The van der Waals surface area contributed by atoms with Gasteiger partial charge in [-0.3, -0.25) is 4.79 Å². The molecule has 0 radical (unpaired) electrons. The maximum absolute atomic E-state index is 12.3. The lowest BCUT2D eigenvalue weighted by atomic mass is 10.1. The Kier molecular flexibility index (Phi) is 6.17. The zero-order chi connectivity index (χ0) is 17.7. The minimum Gasteiger partial charge on any atom is -0.496 e. The van der Waals surface area contributed by atoms with Gasteiger partial charge in [0.25, 0.3) is 5.91 Å².